The molecule has 4 unspecified atom stereocenters. The van der Waals surface area contributed by atoms with Crippen LogP contribution in [0, 0.1) is 5.82 Å². The fourth-order valence-electron chi connectivity index (χ4n) is 10.0. The lowest BCUT2D eigenvalue weighted by molar-refractivity contribution is -0.137. The van der Waals surface area contributed by atoms with Crippen molar-refractivity contribution >= 4 is 75.7 Å². The molecule has 5 aliphatic rings. The van der Waals surface area contributed by atoms with Crippen LogP contribution in [-0.2, 0) is 31.1 Å². The average Bonchev–Trinajstić information content (AvgIpc) is 3.80. The van der Waals surface area contributed by atoms with Crippen LogP contribution in [0.2, 0.25) is 10.0 Å². The predicted molar refractivity (Wildman–Crippen MR) is 214 cm³/mol. The Kier molecular flexibility index (Phi) is 9.37. The summed E-state index contributed by atoms with van der Waals surface area (Å²) in [5.41, 5.74) is 0.952. The molecule has 1 aliphatic carbocycles. The number of hydrogen-bond donors (Lipinski definition) is 5. The minimum absolute atomic E-state index is 0.0840. The number of carbonyl (C=O) groups is 6. The lowest BCUT2D eigenvalue weighted by atomic mass is 9.55. The van der Waals surface area contributed by atoms with Gasteiger partial charge in [0, 0.05) is 63.2 Å². The van der Waals surface area contributed by atoms with Gasteiger partial charge in [-0.2, -0.15) is 0 Å². The number of fused-ring (bicyclic) bond motifs is 4. The first-order valence-electron chi connectivity index (χ1n) is 19.2. The van der Waals surface area contributed by atoms with Crippen molar-refractivity contribution < 1.29 is 33.2 Å². The highest BCUT2D eigenvalue weighted by Gasteiger charge is 2.72. The quantitative estimate of drug-likeness (QED) is 0.140. The van der Waals surface area contributed by atoms with E-state index in [0.29, 0.717) is 51.6 Å². The lowest BCUT2D eigenvalue weighted by Gasteiger charge is -2.47. The maximum Gasteiger partial charge on any atom is 0.255 e. The summed E-state index contributed by atoms with van der Waals surface area (Å²) in [6.45, 7) is 0.0840. The highest BCUT2D eigenvalue weighted by atomic mass is 35.5. The van der Waals surface area contributed by atoms with E-state index in [1.54, 1.807) is 72.8 Å². The number of carbonyl (C=O) groups excluding carboxylic acids is 6. The summed E-state index contributed by atoms with van der Waals surface area (Å²) in [4.78, 5) is 81.6. The SMILES string of the molecule is O=C1CCC(N2Cc3c(NC(=O)c4ccc(NC(=O)C5NC6(CCCCC6)C6(C(=O)Nc7cc(Cl)ccc76)C5c5cccc(Cl)c5F)cc4)cccc3C2=O)C(=O)N1. The van der Waals surface area contributed by atoms with E-state index in [2.05, 4.69) is 26.6 Å². The molecule has 4 aromatic rings. The van der Waals surface area contributed by atoms with Crippen molar-refractivity contribution in [2.24, 2.45) is 0 Å². The van der Waals surface area contributed by atoms with E-state index in [9.17, 15) is 28.8 Å². The molecule has 4 heterocycles. The zero-order chi connectivity index (χ0) is 40.5. The van der Waals surface area contributed by atoms with E-state index in [-0.39, 0.29) is 53.3 Å². The van der Waals surface area contributed by atoms with Crippen LogP contribution in [0.5, 0.6) is 0 Å². The first-order valence-corrected chi connectivity index (χ1v) is 20.0. The Hall–Kier alpha value is -5.63. The topological polar surface area (TPSA) is 166 Å². The molecule has 4 aromatic carbocycles. The normalized spacial score (nSPS) is 24.4. The Morgan fingerprint density at radius 2 is 1.62 bits per heavy atom. The standard InChI is InChI=1S/C43H37Cl2FN6O6/c44-23-12-15-28-31(20-23)49-41(58)43(28)34(26-7-4-8-29(45)35(26)46)36(51-42(43)18-2-1-3-19-42)39(56)47-24-13-10-22(11-14-24)37(54)48-30-9-5-6-25-27(30)21-52(40(25)57)32-16-17-33(53)50-38(32)55/h4-15,20,32,34,36,51H,1-3,16-19,21H2,(H,47,56)(H,48,54)(H,49,58)(H,50,53,55). The van der Waals surface area contributed by atoms with Gasteiger partial charge in [-0.1, -0.05) is 66.7 Å². The molecule has 12 nitrogen and oxygen atoms in total. The van der Waals surface area contributed by atoms with Gasteiger partial charge in [-0.3, -0.25) is 39.4 Å². The Bertz CT molecular complexity index is 2460. The summed E-state index contributed by atoms with van der Waals surface area (Å²) < 4.78 is 16.2. The summed E-state index contributed by atoms with van der Waals surface area (Å²) in [7, 11) is 0. The molecule has 9 rings (SSSR count). The fourth-order valence-corrected chi connectivity index (χ4v) is 10.4. The summed E-state index contributed by atoms with van der Waals surface area (Å²) in [5.74, 6) is -4.30. The number of anilines is 3. The number of rotatable bonds is 6. The van der Waals surface area contributed by atoms with Crippen molar-refractivity contribution in [3.05, 3.63) is 123 Å². The van der Waals surface area contributed by atoms with E-state index in [1.165, 1.54) is 11.0 Å². The van der Waals surface area contributed by atoms with Crippen LogP contribution in [0.4, 0.5) is 21.5 Å². The van der Waals surface area contributed by atoms with E-state index in [4.69, 9.17) is 23.2 Å². The van der Waals surface area contributed by atoms with Crippen molar-refractivity contribution in [2.75, 3.05) is 16.0 Å². The Morgan fingerprint density at radius 3 is 2.38 bits per heavy atom. The second-order valence-electron chi connectivity index (χ2n) is 15.6. The smallest absolute Gasteiger partial charge is 0.255 e. The first kappa shape index (κ1) is 37.9. The van der Waals surface area contributed by atoms with Crippen LogP contribution < -0.4 is 26.6 Å². The van der Waals surface area contributed by atoms with Crippen LogP contribution in [0.3, 0.4) is 0 Å². The Morgan fingerprint density at radius 1 is 0.862 bits per heavy atom. The third kappa shape index (κ3) is 5.89. The first-order chi connectivity index (χ1) is 27.9. The molecule has 1 saturated carbocycles. The minimum atomic E-state index is -1.38. The van der Waals surface area contributed by atoms with E-state index < -0.39 is 52.5 Å². The Labute approximate surface area is 342 Å². The monoisotopic (exact) mass is 822 g/mol. The predicted octanol–water partition coefficient (Wildman–Crippen LogP) is 6.43. The number of halogens is 3. The lowest BCUT2D eigenvalue weighted by Crippen LogP contribution is -2.60. The van der Waals surface area contributed by atoms with Gasteiger partial charge < -0.3 is 20.9 Å². The van der Waals surface area contributed by atoms with E-state index >= 15 is 4.39 Å². The molecular formula is C43H37Cl2FN6O6. The number of nitrogens with zero attached hydrogens (tertiary/aromatic N) is 1. The number of hydrogen-bond acceptors (Lipinski definition) is 7. The van der Waals surface area contributed by atoms with Gasteiger partial charge in [0.25, 0.3) is 11.8 Å². The molecule has 0 radical (unpaired) electrons. The van der Waals surface area contributed by atoms with Gasteiger partial charge in [-0.15, -0.1) is 0 Å². The molecule has 3 fully saturated rings. The van der Waals surface area contributed by atoms with E-state index in [0.717, 1.165) is 19.3 Å². The molecule has 6 amide bonds. The van der Waals surface area contributed by atoms with Crippen molar-refractivity contribution in [1.82, 2.24) is 15.5 Å². The van der Waals surface area contributed by atoms with Gasteiger partial charge in [0.1, 0.15) is 17.3 Å². The second-order valence-corrected chi connectivity index (χ2v) is 16.4. The van der Waals surface area contributed by atoms with E-state index in [1.807, 2.05) is 0 Å². The minimum Gasteiger partial charge on any atom is -0.325 e. The Balaban J connectivity index is 0.987. The van der Waals surface area contributed by atoms with Crippen molar-refractivity contribution in [3.63, 3.8) is 0 Å². The second kappa shape index (κ2) is 14.3. The largest absolute Gasteiger partial charge is 0.325 e. The highest BCUT2D eigenvalue weighted by Crippen LogP contribution is 2.63. The molecular weight excluding hydrogens is 786 g/mol. The molecule has 0 bridgehead atoms. The van der Waals surface area contributed by atoms with Gasteiger partial charge in [-0.25, -0.2) is 4.39 Å². The molecule has 2 spiro atoms. The maximum absolute atomic E-state index is 16.2. The van der Waals surface area contributed by atoms with Crippen LogP contribution in [-0.4, -0.2) is 58.0 Å². The molecule has 2 saturated heterocycles. The van der Waals surface area contributed by atoms with Crippen LogP contribution in [0.1, 0.15) is 88.3 Å². The van der Waals surface area contributed by atoms with Gasteiger partial charge >= 0.3 is 0 Å². The zero-order valence-corrected chi connectivity index (χ0v) is 32.4. The molecule has 4 aliphatic heterocycles. The molecule has 15 heteroatoms. The summed E-state index contributed by atoms with van der Waals surface area (Å²) in [6.07, 6.45) is 4.03. The summed E-state index contributed by atoms with van der Waals surface area (Å²) in [6, 6.07) is 19.1. The molecule has 296 valence electrons. The van der Waals surface area contributed by atoms with Gasteiger partial charge in [0.15, 0.2) is 0 Å². The number of amides is 6. The van der Waals surface area contributed by atoms with Crippen LogP contribution in [0.15, 0.2) is 78.9 Å². The van der Waals surface area contributed by atoms with Gasteiger partial charge in [0.2, 0.25) is 23.6 Å². The number of nitrogens with one attached hydrogen (secondary N) is 5. The molecule has 58 heavy (non-hydrogen) atoms. The van der Waals surface area contributed by atoms with Gasteiger partial charge in [0.05, 0.1) is 11.1 Å². The zero-order valence-electron chi connectivity index (χ0n) is 30.9. The third-order valence-corrected chi connectivity index (χ3v) is 13.1. The average molecular weight is 824 g/mol. The fraction of sp³-hybridized carbons (Fsp3) is 0.302. The number of benzene rings is 4. The van der Waals surface area contributed by atoms with Crippen molar-refractivity contribution in [1.29, 1.82) is 0 Å². The summed E-state index contributed by atoms with van der Waals surface area (Å²) in [5, 5.41) is 15.0. The summed E-state index contributed by atoms with van der Waals surface area (Å²) >= 11 is 12.7. The highest BCUT2D eigenvalue weighted by molar-refractivity contribution is 6.31. The number of piperidine rings is 1. The van der Waals surface area contributed by atoms with Crippen LogP contribution in [0.25, 0.3) is 0 Å². The number of imide groups is 1. The third-order valence-electron chi connectivity index (χ3n) is 12.6. The van der Waals surface area contributed by atoms with Crippen molar-refractivity contribution in [3.8, 4) is 0 Å². The molecule has 4 atom stereocenters. The maximum atomic E-state index is 16.2. The van der Waals surface area contributed by atoms with Crippen molar-refractivity contribution in [2.45, 2.75) is 80.4 Å². The molecule has 0 aromatic heterocycles. The molecule has 5 N–H and O–H groups in total. The van der Waals surface area contributed by atoms with Gasteiger partial charge in [-0.05, 0) is 85.0 Å². The van der Waals surface area contributed by atoms with Crippen LogP contribution >= 0.6 is 23.2 Å².